The van der Waals surface area contributed by atoms with E-state index >= 15 is 0 Å². The molecule has 0 amide bonds. The third kappa shape index (κ3) is 1.03. The number of azo groups is 1. The maximum absolute atomic E-state index is 5.92. The fourth-order valence-electron chi connectivity index (χ4n) is 1.22. The van der Waals surface area contributed by atoms with Gasteiger partial charge in [0.15, 0.2) is 0 Å². The number of benzene rings is 1. The maximum Gasteiger partial charge on any atom is 0.109 e. The van der Waals surface area contributed by atoms with Crippen molar-refractivity contribution in [2.24, 2.45) is 10.2 Å². The van der Waals surface area contributed by atoms with Gasteiger partial charge in [-0.1, -0.05) is 17.7 Å². The van der Waals surface area contributed by atoms with Crippen LogP contribution >= 0.6 is 11.6 Å². The van der Waals surface area contributed by atoms with Crippen LogP contribution in [0.5, 0.6) is 0 Å². The molecule has 0 radical (unpaired) electrons. The lowest BCUT2D eigenvalue weighted by Gasteiger charge is -1.99. The van der Waals surface area contributed by atoms with Crippen molar-refractivity contribution in [2.75, 3.05) is 0 Å². The van der Waals surface area contributed by atoms with E-state index < -0.39 is 0 Å². The summed E-state index contributed by atoms with van der Waals surface area (Å²) in [5, 5.41) is 8.54. The van der Waals surface area contributed by atoms with Gasteiger partial charge in [0, 0.05) is 5.56 Å². The Labute approximate surface area is 69.9 Å². The Morgan fingerprint density at radius 3 is 3.09 bits per heavy atom. The van der Waals surface area contributed by atoms with Gasteiger partial charge in [0.25, 0.3) is 0 Å². The Balaban J connectivity index is 2.67. The summed E-state index contributed by atoms with van der Waals surface area (Å²) in [5.74, 6) is 0. The topological polar surface area (TPSA) is 24.7 Å². The first kappa shape index (κ1) is 6.80. The number of fused-ring (bicyclic) bond motifs is 1. The molecule has 1 aliphatic heterocycles. The second-order valence-electron chi connectivity index (χ2n) is 2.65. The highest BCUT2D eigenvalue weighted by molar-refractivity contribution is 6.33. The Bertz CT molecular complexity index is 331. The highest BCUT2D eigenvalue weighted by Crippen LogP contribution is 2.34. The molecule has 0 saturated carbocycles. The molecule has 0 spiro atoms. The molecule has 3 heteroatoms. The van der Waals surface area contributed by atoms with Crippen LogP contribution in [0.15, 0.2) is 22.4 Å². The molecule has 0 bridgehead atoms. The summed E-state index contributed by atoms with van der Waals surface area (Å²) in [6.07, 6.45) is 0. The van der Waals surface area contributed by atoms with E-state index in [9.17, 15) is 0 Å². The third-order valence-electron chi connectivity index (χ3n) is 1.70. The third-order valence-corrected chi connectivity index (χ3v) is 1.99. The zero-order chi connectivity index (χ0) is 7.84. The summed E-state index contributed by atoms with van der Waals surface area (Å²) >= 11 is 5.92. The van der Waals surface area contributed by atoms with Gasteiger partial charge in [-0.15, -0.1) is 0 Å². The molecule has 0 fully saturated rings. The molecule has 56 valence electrons. The van der Waals surface area contributed by atoms with Gasteiger partial charge >= 0.3 is 0 Å². The summed E-state index contributed by atoms with van der Waals surface area (Å²) in [4.78, 5) is 0. The Morgan fingerprint density at radius 1 is 1.45 bits per heavy atom. The minimum absolute atomic E-state index is 0.677. The number of halogens is 1. The van der Waals surface area contributed by atoms with Gasteiger partial charge in [-0.05, 0) is 18.6 Å². The van der Waals surface area contributed by atoms with Crippen LogP contribution in [-0.2, 0) is 6.54 Å². The van der Waals surface area contributed by atoms with Crippen molar-refractivity contribution >= 4 is 17.3 Å². The zero-order valence-electron chi connectivity index (χ0n) is 6.13. The molecule has 11 heavy (non-hydrogen) atoms. The molecule has 2 rings (SSSR count). The SMILES string of the molecule is Cc1cc(Cl)c2c(c1)CN=N2. The van der Waals surface area contributed by atoms with Crippen LogP contribution in [0, 0.1) is 6.92 Å². The van der Waals surface area contributed by atoms with Gasteiger partial charge in [-0.25, -0.2) is 0 Å². The monoisotopic (exact) mass is 166 g/mol. The minimum atomic E-state index is 0.677. The Kier molecular flexibility index (Phi) is 1.43. The van der Waals surface area contributed by atoms with Crippen molar-refractivity contribution in [1.29, 1.82) is 0 Å². The van der Waals surface area contributed by atoms with E-state index in [2.05, 4.69) is 16.3 Å². The largest absolute Gasteiger partial charge is 0.184 e. The van der Waals surface area contributed by atoms with E-state index in [1.807, 2.05) is 13.0 Å². The van der Waals surface area contributed by atoms with Crippen LogP contribution in [0.1, 0.15) is 11.1 Å². The lowest BCUT2D eigenvalue weighted by atomic mass is 10.1. The van der Waals surface area contributed by atoms with Crippen molar-refractivity contribution in [1.82, 2.24) is 0 Å². The van der Waals surface area contributed by atoms with Crippen LogP contribution in [0.4, 0.5) is 5.69 Å². The van der Waals surface area contributed by atoms with Crippen molar-refractivity contribution < 1.29 is 0 Å². The second-order valence-corrected chi connectivity index (χ2v) is 3.06. The summed E-state index contributed by atoms with van der Waals surface area (Å²) in [7, 11) is 0. The predicted octanol–water partition coefficient (Wildman–Crippen LogP) is 3.25. The van der Waals surface area contributed by atoms with Crippen LogP contribution in [0.25, 0.3) is 0 Å². The lowest BCUT2D eigenvalue weighted by Crippen LogP contribution is -1.79. The highest BCUT2D eigenvalue weighted by atomic mass is 35.5. The molecule has 1 heterocycles. The molecule has 0 N–H and O–H groups in total. The Morgan fingerprint density at radius 2 is 2.27 bits per heavy atom. The molecule has 0 unspecified atom stereocenters. The van der Waals surface area contributed by atoms with E-state index in [-0.39, 0.29) is 0 Å². The van der Waals surface area contributed by atoms with Crippen molar-refractivity contribution in [2.45, 2.75) is 13.5 Å². The minimum Gasteiger partial charge on any atom is -0.184 e. The first-order chi connectivity index (χ1) is 5.27. The van der Waals surface area contributed by atoms with Crippen molar-refractivity contribution in [3.05, 3.63) is 28.3 Å². The Hall–Kier alpha value is -0.890. The number of aryl methyl sites for hydroxylation is 1. The molecule has 0 atom stereocenters. The van der Waals surface area contributed by atoms with Crippen LogP contribution in [0.2, 0.25) is 5.02 Å². The molecule has 1 aromatic carbocycles. The summed E-state index contributed by atoms with van der Waals surface area (Å²) in [6.45, 7) is 2.70. The fourth-order valence-corrected chi connectivity index (χ4v) is 1.55. The maximum atomic E-state index is 5.92. The molecule has 0 aliphatic carbocycles. The molecule has 0 aromatic heterocycles. The first-order valence-electron chi connectivity index (χ1n) is 3.44. The van der Waals surface area contributed by atoms with Gasteiger partial charge < -0.3 is 0 Å². The standard InChI is InChI=1S/C8H7ClN2/c1-5-2-6-4-10-11-8(6)7(9)3-5/h2-3H,4H2,1H3. The van der Waals surface area contributed by atoms with Crippen LogP contribution in [0.3, 0.4) is 0 Å². The summed E-state index contributed by atoms with van der Waals surface area (Å²) < 4.78 is 0. The van der Waals surface area contributed by atoms with E-state index in [1.54, 1.807) is 0 Å². The smallest absolute Gasteiger partial charge is 0.109 e. The highest BCUT2D eigenvalue weighted by Gasteiger charge is 2.11. The van der Waals surface area contributed by atoms with Crippen molar-refractivity contribution in [3.63, 3.8) is 0 Å². The van der Waals surface area contributed by atoms with Crippen LogP contribution in [-0.4, -0.2) is 0 Å². The van der Waals surface area contributed by atoms with Gasteiger partial charge in [0.05, 0.1) is 11.6 Å². The van der Waals surface area contributed by atoms with Gasteiger partial charge in [0.1, 0.15) is 5.69 Å². The average molecular weight is 167 g/mol. The quantitative estimate of drug-likeness (QED) is 0.565. The van der Waals surface area contributed by atoms with Gasteiger partial charge in [-0.2, -0.15) is 10.2 Å². The molecule has 0 saturated heterocycles. The van der Waals surface area contributed by atoms with E-state index in [0.29, 0.717) is 11.6 Å². The predicted molar refractivity (Wildman–Crippen MR) is 44.4 cm³/mol. The number of rotatable bonds is 0. The number of hydrogen-bond donors (Lipinski definition) is 0. The van der Waals surface area contributed by atoms with Crippen molar-refractivity contribution in [3.8, 4) is 0 Å². The molecule has 1 aromatic rings. The van der Waals surface area contributed by atoms with E-state index in [0.717, 1.165) is 11.3 Å². The normalized spacial score (nSPS) is 13.6. The molecular weight excluding hydrogens is 160 g/mol. The summed E-state index contributed by atoms with van der Waals surface area (Å²) in [5.41, 5.74) is 3.15. The zero-order valence-corrected chi connectivity index (χ0v) is 6.89. The second kappa shape index (κ2) is 2.31. The number of nitrogens with zero attached hydrogens (tertiary/aromatic N) is 2. The first-order valence-corrected chi connectivity index (χ1v) is 3.82. The van der Waals surface area contributed by atoms with Gasteiger partial charge in [-0.3, -0.25) is 0 Å². The average Bonchev–Trinajstić information content (AvgIpc) is 2.34. The van der Waals surface area contributed by atoms with E-state index in [1.165, 1.54) is 5.56 Å². The molecule has 1 aliphatic rings. The fraction of sp³-hybridized carbons (Fsp3) is 0.250. The molecular formula is C8H7ClN2. The summed E-state index contributed by atoms with van der Waals surface area (Å²) in [6, 6.07) is 3.98. The molecule has 2 nitrogen and oxygen atoms in total. The lowest BCUT2D eigenvalue weighted by molar-refractivity contribution is 1.04. The van der Waals surface area contributed by atoms with Gasteiger partial charge in [0.2, 0.25) is 0 Å². The van der Waals surface area contributed by atoms with Crippen LogP contribution < -0.4 is 0 Å². The number of hydrogen-bond acceptors (Lipinski definition) is 2. The van der Waals surface area contributed by atoms with E-state index in [4.69, 9.17) is 11.6 Å².